The summed E-state index contributed by atoms with van der Waals surface area (Å²) >= 11 is 0. The van der Waals surface area contributed by atoms with Gasteiger partial charge in [-0.3, -0.25) is 4.40 Å². The van der Waals surface area contributed by atoms with Crippen LogP contribution >= 0.6 is 0 Å². The maximum Gasteiger partial charge on any atom is 0.408 e. The van der Waals surface area contributed by atoms with Crippen LogP contribution in [0.1, 0.15) is 63.0 Å². The molecule has 1 unspecified atom stereocenters. The van der Waals surface area contributed by atoms with Gasteiger partial charge in [-0.2, -0.15) is 0 Å². The average Bonchev–Trinajstić information content (AvgIpc) is 3.37. The Balaban J connectivity index is 1.79. The third-order valence-corrected chi connectivity index (χ3v) is 8.04. The van der Waals surface area contributed by atoms with Crippen molar-refractivity contribution in [1.82, 2.24) is 19.7 Å². The van der Waals surface area contributed by atoms with E-state index in [2.05, 4.69) is 15.6 Å². The first-order valence-corrected chi connectivity index (χ1v) is 15.8. The number of anilines is 1. The summed E-state index contributed by atoms with van der Waals surface area (Å²) in [5.41, 5.74) is 3.73. The van der Waals surface area contributed by atoms with Gasteiger partial charge in [-0.1, -0.05) is 13.0 Å². The molecule has 0 spiro atoms. The minimum Gasteiger partial charge on any atom is -0.496 e. The van der Waals surface area contributed by atoms with E-state index in [1.165, 1.54) is 6.07 Å². The first-order chi connectivity index (χ1) is 20.1. The van der Waals surface area contributed by atoms with E-state index in [4.69, 9.17) is 14.5 Å². The van der Waals surface area contributed by atoms with Crippen LogP contribution in [0.5, 0.6) is 5.75 Å². The molecule has 2 aromatic carbocycles. The Morgan fingerprint density at radius 1 is 1.14 bits per heavy atom. The second kappa shape index (κ2) is 12.2. The summed E-state index contributed by atoms with van der Waals surface area (Å²) in [6.07, 6.45) is 4.55. The lowest BCUT2D eigenvalue weighted by Gasteiger charge is -2.21. The molecule has 1 amide bonds. The number of nitrogens with zero attached hydrogens (tertiary/aromatic N) is 3. The number of aryl methyl sites for hydroxylation is 1. The Morgan fingerprint density at radius 3 is 2.47 bits per heavy atom. The number of halogens is 1. The standard InChI is InChI=1S/C31H38FN5O5S/c1-9-21-23(25(32)12-13-27(21)41-7)15-33-29-34-16-24(22-11-10-20(14-18(22)2)43(8,39)40)28-36-26(17-37(28)29)19(3)35-30(38)42-31(4,5)6/h10-14,16-17,19H,9,15H2,1-8H3,(H,33,34)(H,35,38). The Labute approximate surface area is 251 Å². The van der Waals surface area contributed by atoms with Gasteiger partial charge in [0.25, 0.3) is 0 Å². The van der Waals surface area contributed by atoms with Crippen LogP contribution in [0.3, 0.4) is 0 Å². The summed E-state index contributed by atoms with van der Waals surface area (Å²) in [5.74, 6) is 0.645. The quantitative estimate of drug-likeness (QED) is 0.236. The Hall–Kier alpha value is -4.19. The first-order valence-electron chi connectivity index (χ1n) is 13.9. The van der Waals surface area contributed by atoms with Gasteiger partial charge in [0.1, 0.15) is 22.8 Å². The van der Waals surface area contributed by atoms with Crippen molar-refractivity contribution >= 4 is 27.5 Å². The van der Waals surface area contributed by atoms with Crippen LogP contribution in [-0.2, 0) is 27.5 Å². The van der Waals surface area contributed by atoms with E-state index in [1.54, 1.807) is 75.9 Å². The SMILES string of the molecule is CCc1c(OC)ccc(F)c1CNc1ncc(-c2ccc(S(C)(=O)=O)cc2C)c2nc(C(C)NC(=O)OC(C)(C)C)cn12. The molecule has 0 aliphatic rings. The number of sulfone groups is 1. The molecule has 230 valence electrons. The van der Waals surface area contributed by atoms with Crippen molar-refractivity contribution in [2.24, 2.45) is 0 Å². The lowest BCUT2D eigenvalue weighted by atomic mass is 10.0. The molecule has 0 fully saturated rings. The zero-order chi connectivity index (χ0) is 31.7. The van der Waals surface area contributed by atoms with Crippen LogP contribution < -0.4 is 15.4 Å². The molecular weight excluding hydrogens is 573 g/mol. The zero-order valence-electron chi connectivity index (χ0n) is 25.7. The number of imidazole rings is 1. The number of benzene rings is 2. The second-order valence-corrected chi connectivity index (χ2v) is 13.4. The number of hydrogen-bond donors (Lipinski definition) is 2. The summed E-state index contributed by atoms with van der Waals surface area (Å²) in [6, 6.07) is 7.36. The van der Waals surface area contributed by atoms with Crippen molar-refractivity contribution < 1.29 is 27.1 Å². The lowest BCUT2D eigenvalue weighted by Crippen LogP contribution is -2.34. The number of aromatic nitrogens is 3. The zero-order valence-corrected chi connectivity index (χ0v) is 26.5. The molecule has 0 bridgehead atoms. The fourth-order valence-corrected chi connectivity index (χ4v) is 5.54. The molecule has 10 nitrogen and oxygen atoms in total. The second-order valence-electron chi connectivity index (χ2n) is 11.4. The molecule has 4 rings (SSSR count). The van der Waals surface area contributed by atoms with Crippen LogP contribution in [0.4, 0.5) is 15.1 Å². The molecule has 2 heterocycles. The highest BCUT2D eigenvalue weighted by molar-refractivity contribution is 7.90. The minimum atomic E-state index is -3.39. The van der Waals surface area contributed by atoms with Crippen LogP contribution in [0.2, 0.25) is 0 Å². The van der Waals surface area contributed by atoms with Gasteiger partial charge in [0.05, 0.1) is 23.7 Å². The summed E-state index contributed by atoms with van der Waals surface area (Å²) in [7, 11) is -1.84. The molecule has 1 atom stereocenters. The average molecular weight is 612 g/mol. The Morgan fingerprint density at radius 2 is 1.86 bits per heavy atom. The maximum absolute atomic E-state index is 14.9. The third-order valence-electron chi connectivity index (χ3n) is 6.93. The van der Waals surface area contributed by atoms with Gasteiger partial charge < -0.3 is 20.1 Å². The fourth-order valence-electron chi connectivity index (χ4n) is 4.83. The van der Waals surface area contributed by atoms with Crippen molar-refractivity contribution in [2.45, 2.75) is 71.0 Å². The van der Waals surface area contributed by atoms with Crippen LogP contribution in [-0.4, -0.2) is 47.8 Å². The number of carbonyl (C=O) groups excluding carboxylic acids is 1. The highest BCUT2D eigenvalue weighted by Gasteiger charge is 2.22. The van der Waals surface area contributed by atoms with Crippen molar-refractivity contribution in [3.05, 3.63) is 70.9 Å². The predicted molar refractivity (Wildman–Crippen MR) is 164 cm³/mol. The van der Waals surface area contributed by atoms with Crippen LogP contribution in [0.15, 0.2) is 47.6 Å². The van der Waals surface area contributed by atoms with Gasteiger partial charge in [-0.25, -0.2) is 27.6 Å². The highest BCUT2D eigenvalue weighted by Crippen LogP contribution is 2.32. The Bertz CT molecular complexity index is 1780. The van der Waals surface area contributed by atoms with Crippen LogP contribution in [0.25, 0.3) is 16.8 Å². The van der Waals surface area contributed by atoms with Gasteiger partial charge in [0.15, 0.2) is 9.84 Å². The van der Waals surface area contributed by atoms with Crippen molar-refractivity contribution in [3.63, 3.8) is 0 Å². The van der Waals surface area contributed by atoms with Crippen molar-refractivity contribution in [3.8, 4) is 16.9 Å². The highest BCUT2D eigenvalue weighted by atomic mass is 32.2. The number of fused-ring (bicyclic) bond motifs is 1. The molecule has 0 radical (unpaired) electrons. The number of nitrogens with one attached hydrogen (secondary N) is 2. The van der Waals surface area contributed by atoms with E-state index in [9.17, 15) is 17.6 Å². The first kappa shape index (κ1) is 31.7. The number of methoxy groups -OCH3 is 1. The molecule has 43 heavy (non-hydrogen) atoms. The normalized spacial score (nSPS) is 12.7. The summed E-state index contributed by atoms with van der Waals surface area (Å²) < 4.78 is 51.8. The van der Waals surface area contributed by atoms with Crippen molar-refractivity contribution in [2.75, 3.05) is 18.7 Å². The smallest absolute Gasteiger partial charge is 0.408 e. The van der Waals surface area contributed by atoms with E-state index in [0.717, 1.165) is 22.9 Å². The molecule has 0 saturated heterocycles. The summed E-state index contributed by atoms with van der Waals surface area (Å²) in [5, 5.41) is 6.06. The lowest BCUT2D eigenvalue weighted by molar-refractivity contribution is 0.0507. The van der Waals surface area contributed by atoms with E-state index < -0.39 is 27.6 Å². The molecule has 0 aliphatic heterocycles. The molecule has 4 aromatic rings. The van der Waals surface area contributed by atoms with E-state index in [-0.39, 0.29) is 17.3 Å². The van der Waals surface area contributed by atoms with Gasteiger partial charge in [0.2, 0.25) is 5.95 Å². The number of carbonyl (C=O) groups is 1. The van der Waals surface area contributed by atoms with E-state index in [0.29, 0.717) is 40.6 Å². The molecule has 0 aliphatic carbocycles. The molecule has 2 aromatic heterocycles. The number of ether oxygens (including phenoxy) is 2. The third kappa shape index (κ3) is 7.07. The monoisotopic (exact) mass is 611 g/mol. The minimum absolute atomic E-state index is 0.134. The van der Waals surface area contributed by atoms with Gasteiger partial charge in [-0.15, -0.1) is 0 Å². The Kier molecular flexibility index (Phi) is 9.00. The van der Waals surface area contributed by atoms with E-state index in [1.807, 2.05) is 13.8 Å². The van der Waals surface area contributed by atoms with E-state index >= 15 is 0 Å². The summed E-state index contributed by atoms with van der Waals surface area (Å²) in [4.78, 5) is 22.2. The molecule has 12 heteroatoms. The maximum atomic E-state index is 14.9. The van der Waals surface area contributed by atoms with Crippen LogP contribution in [0, 0.1) is 12.7 Å². The van der Waals surface area contributed by atoms with Gasteiger partial charge in [0, 0.05) is 41.9 Å². The summed E-state index contributed by atoms with van der Waals surface area (Å²) in [6.45, 7) is 11.0. The molecule has 2 N–H and O–H groups in total. The largest absolute Gasteiger partial charge is 0.496 e. The van der Waals surface area contributed by atoms with Crippen molar-refractivity contribution in [1.29, 1.82) is 0 Å². The number of rotatable bonds is 9. The molecule has 0 saturated carbocycles. The predicted octanol–water partition coefficient (Wildman–Crippen LogP) is 6.02. The van der Waals surface area contributed by atoms with Gasteiger partial charge in [-0.05, 0) is 76.4 Å². The number of amides is 1. The number of alkyl carbamates (subject to hydrolysis) is 1. The topological polar surface area (TPSA) is 124 Å². The molecular formula is C31H38FN5O5S. The van der Waals surface area contributed by atoms with Gasteiger partial charge >= 0.3 is 6.09 Å². The fraction of sp³-hybridized carbons (Fsp3) is 0.387. The number of hydrogen-bond acceptors (Lipinski definition) is 8.